The lowest BCUT2D eigenvalue weighted by Gasteiger charge is -2.17. The quantitative estimate of drug-likeness (QED) is 0.180. The van der Waals surface area contributed by atoms with E-state index >= 15 is 0 Å². The van der Waals surface area contributed by atoms with Gasteiger partial charge in [-0.2, -0.15) is 0 Å². The molecule has 0 bridgehead atoms. The molecule has 5 nitrogen and oxygen atoms in total. The summed E-state index contributed by atoms with van der Waals surface area (Å²) < 4.78 is 13.1. The van der Waals surface area contributed by atoms with E-state index in [1.54, 1.807) is 0 Å². The van der Waals surface area contributed by atoms with Crippen molar-refractivity contribution in [2.45, 2.75) is 0 Å². The van der Waals surface area contributed by atoms with E-state index in [2.05, 4.69) is 109 Å². The molecule has 0 unspecified atom stereocenters. The van der Waals surface area contributed by atoms with Crippen LogP contribution in [-0.2, 0) is 0 Å². The molecule has 0 radical (unpaired) electrons. The minimum Gasteiger partial charge on any atom is -0.455 e. The van der Waals surface area contributed by atoms with E-state index < -0.39 is 0 Å². The molecule has 11 rings (SSSR count). The first-order valence-electron chi connectivity index (χ1n) is 18.0. The molecule has 0 spiro atoms. The molecule has 0 fully saturated rings. The topological polar surface area (TPSA) is 65.0 Å². The Hall–Kier alpha value is -7.37. The lowest BCUT2D eigenvalue weighted by molar-refractivity contribution is 0.669. The summed E-state index contributed by atoms with van der Waals surface area (Å²) in [7, 11) is 0. The molecular formula is C49H29N3O2. The summed E-state index contributed by atoms with van der Waals surface area (Å²) in [6.45, 7) is 0. The Balaban J connectivity index is 1.24. The normalized spacial score (nSPS) is 11.7. The fourth-order valence-corrected chi connectivity index (χ4v) is 7.90. The number of para-hydroxylation sites is 4. The molecule has 0 amide bonds. The molecule has 5 heteroatoms. The lowest BCUT2D eigenvalue weighted by Crippen LogP contribution is -2.02. The average Bonchev–Trinajstić information content (AvgIpc) is 3.82. The monoisotopic (exact) mass is 691 g/mol. The van der Waals surface area contributed by atoms with Crippen LogP contribution in [0.3, 0.4) is 0 Å². The maximum absolute atomic E-state index is 6.55. The molecule has 0 aliphatic heterocycles. The third kappa shape index (κ3) is 4.76. The van der Waals surface area contributed by atoms with Crippen molar-refractivity contribution < 1.29 is 8.83 Å². The predicted molar refractivity (Wildman–Crippen MR) is 219 cm³/mol. The van der Waals surface area contributed by atoms with Crippen LogP contribution >= 0.6 is 0 Å². The number of hydrogen-bond acceptors (Lipinski definition) is 5. The van der Waals surface area contributed by atoms with Gasteiger partial charge in [-0.05, 0) is 57.3 Å². The molecule has 0 atom stereocenters. The second kappa shape index (κ2) is 12.1. The van der Waals surface area contributed by atoms with Gasteiger partial charge in [-0.3, -0.25) is 0 Å². The van der Waals surface area contributed by atoms with Crippen LogP contribution in [0.4, 0.5) is 0 Å². The molecule has 0 aliphatic rings. The van der Waals surface area contributed by atoms with Gasteiger partial charge < -0.3 is 8.83 Å². The Morgan fingerprint density at radius 2 is 0.778 bits per heavy atom. The van der Waals surface area contributed by atoms with Crippen molar-refractivity contribution in [1.82, 2.24) is 15.0 Å². The number of benzene rings is 8. The van der Waals surface area contributed by atoms with Crippen molar-refractivity contribution in [3.8, 4) is 56.4 Å². The van der Waals surface area contributed by atoms with Gasteiger partial charge in [-0.1, -0.05) is 152 Å². The zero-order valence-corrected chi connectivity index (χ0v) is 28.9. The van der Waals surface area contributed by atoms with Crippen molar-refractivity contribution in [3.05, 3.63) is 176 Å². The van der Waals surface area contributed by atoms with Gasteiger partial charge in [0, 0.05) is 27.1 Å². The Morgan fingerprint density at radius 3 is 1.43 bits per heavy atom. The summed E-state index contributed by atoms with van der Waals surface area (Å²) in [5.74, 6) is 1.59. The minimum atomic E-state index is 0.517. The molecule has 0 aliphatic carbocycles. The lowest BCUT2D eigenvalue weighted by atomic mass is 9.89. The molecule has 0 saturated carbocycles. The van der Waals surface area contributed by atoms with Crippen LogP contribution in [0.1, 0.15) is 0 Å². The van der Waals surface area contributed by atoms with E-state index in [1.807, 2.05) is 66.7 Å². The largest absolute Gasteiger partial charge is 0.455 e. The molecule has 11 aromatic rings. The molecule has 0 N–H and O–H groups in total. The highest BCUT2D eigenvalue weighted by atomic mass is 16.3. The summed E-state index contributed by atoms with van der Waals surface area (Å²) in [6.07, 6.45) is 0. The summed E-state index contributed by atoms with van der Waals surface area (Å²) in [4.78, 5) is 16.0. The van der Waals surface area contributed by atoms with E-state index in [0.717, 1.165) is 93.6 Å². The second-order valence-corrected chi connectivity index (χ2v) is 13.5. The second-order valence-electron chi connectivity index (χ2n) is 13.5. The summed E-state index contributed by atoms with van der Waals surface area (Å²) in [6, 6.07) is 60.4. The van der Waals surface area contributed by atoms with Gasteiger partial charge in [0.05, 0.1) is 11.1 Å². The number of hydrogen-bond donors (Lipinski definition) is 0. The van der Waals surface area contributed by atoms with Crippen LogP contribution in [0.15, 0.2) is 185 Å². The summed E-state index contributed by atoms with van der Waals surface area (Å²) in [5, 5.41) is 6.25. The first-order valence-corrected chi connectivity index (χ1v) is 18.0. The fourth-order valence-electron chi connectivity index (χ4n) is 7.90. The summed E-state index contributed by atoms with van der Waals surface area (Å²) in [5.41, 5.74) is 9.98. The highest BCUT2D eigenvalue weighted by molar-refractivity contribution is 6.11. The van der Waals surface area contributed by atoms with Crippen LogP contribution in [-0.4, -0.2) is 15.0 Å². The highest BCUT2D eigenvalue weighted by Gasteiger charge is 2.23. The Bertz CT molecular complexity index is 3100. The molecule has 3 heterocycles. The van der Waals surface area contributed by atoms with Crippen LogP contribution in [0.5, 0.6) is 0 Å². The first-order chi connectivity index (χ1) is 26.8. The van der Waals surface area contributed by atoms with E-state index in [9.17, 15) is 0 Å². The van der Waals surface area contributed by atoms with Crippen molar-refractivity contribution >= 4 is 54.6 Å². The van der Waals surface area contributed by atoms with Crippen LogP contribution in [0, 0.1) is 0 Å². The number of fused-ring (bicyclic) bond motifs is 7. The Morgan fingerprint density at radius 1 is 0.296 bits per heavy atom. The minimum absolute atomic E-state index is 0.517. The standard InChI is InChI=1S/C49H29N3O2/c1-2-14-30(15-3-1)32-17-6-7-19-34(32)37-29-28-31-16-4-5-18-33(31)44(37)49-51-47(40-24-12-22-38-35-20-8-10-26-42(35)53-45(38)40)50-48(52-49)41-25-13-23-39-36-21-9-11-27-43(36)54-46(39)41/h1-29H. The van der Waals surface area contributed by atoms with Gasteiger partial charge in [0.2, 0.25) is 0 Å². The number of nitrogens with zero attached hydrogens (tertiary/aromatic N) is 3. The fraction of sp³-hybridized carbons (Fsp3) is 0. The van der Waals surface area contributed by atoms with Gasteiger partial charge in [0.1, 0.15) is 22.3 Å². The highest BCUT2D eigenvalue weighted by Crippen LogP contribution is 2.43. The van der Waals surface area contributed by atoms with Gasteiger partial charge in [-0.15, -0.1) is 0 Å². The maximum atomic E-state index is 6.55. The predicted octanol–water partition coefficient (Wildman–Crippen LogP) is 13.2. The van der Waals surface area contributed by atoms with E-state index in [1.165, 1.54) is 0 Å². The molecule has 252 valence electrons. The molecule has 8 aromatic carbocycles. The van der Waals surface area contributed by atoms with Crippen molar-refractivity contribution in [3.63, 3.8) is 0 Å². The van der Waals surface area contributed by atoms with Gasteiger partial charge >= 0.3 is 0 Å². The average molecular weight is 692 g/mol. The zero-order valence-electron chi connectivity index (χ0n) is 28.9. The van der Waals surface area contributed by atoms with Crippen molar-refractivity contribution in [2.24, 2.45) is 0 Å². The Kier molecular flexibility index (Phi) is 6.79. The van der Waals surface area contributed by atoms with Crippen LogP contribution < -0.4 is 0 Å². The van der Waals surface area contributed by atoms with Crippen molar-refractivity contribution in [2.75, 3.05) is 0 Å². The third-order valence-electron chi connectivity index (χ3n) is 10.4. The molecule has 0 saturated heterocycles. The van der Waals surface area contributed by atoms with Gasteiger partial charge in [0.25, 0.3) is 0 Å². The van der Waals surface area contributed by atoms with Crippen LogP contribution in [0.25, 0.3) is 111 Å². The SMILES string of the molecule is c1ccc(-c2ccccc2-c2ccc3ccccc3c2-c2nc(-c3cccc4c3oc3ccccc34)nc(-c3cccc4c3oc3ccccc34)n2)cc1. The van der Waals surface area contributed by atoms with Crippen LogP contribution in [0.2, 0.25) is 0 Å². The summed E-state index contributed by atoms with van der Waals surface area (Å²) >= 11 is 0. The van der Waals surface area contributed by atoms with E-state index in [4.69, 9.17) is 23.8 Å². The molecule has 3 aromatic heterocycles. The number of aromatic nitrogens is 3. The van der Waals surface area contributed by atoms with E-state index in [0.29, 0.717) is 17.5 Å². The Labute approximate surface area is 309 Å². The maximum Gasteiger partial charge on any atom is 0.167 e. The van der Waals surface area contributed by atoms with Gasteiger partial charge in [0.15, 0.2) is 17.5 Å². The molecular weight excluding hydrogens is 663 g/mol. The van der Waals surface area contributed by atoms with E-state index in [-0.39, 0.29) is 0 Å². The smallest absolute Gasteiger partial charge is 0.167 e. The first kappa shape index (κ1) is 30.3. The van der Waals surface area contributed by atoms with Gasteiger partial charge in [-0.25, -0.2) is 15.0 Å². The number of rotatable bonds is 5. The molecule has 54 heavy (non-hydrogen) atoms. The third-order valence-corrected chi connectivity index (χ3v) is 10.4. The number of furan rings is 2. The van der Waals surface area contributed by atoms with Crippen molar-refractivity contribution in [1.29, 1.82) is 0 Å². The zero-order chi connectivity index (χ0) is 35.6.